The maximum absolute atomic E-state index is 12.5. The molecule has 0 bridgehead atoms. The molecule has 1 unspecified atom stereocenters. The standard InChI is InChI=1S/C16H20N2O4/c1-11-4-2-5-12(8-11)16(22)18-7-3-6-13(10-18)15(21)17-9-14(19)20/h2,4-5,8,13H,3,6-7,9-10H2,1H3,(H,17,21)(H,19,20). The number of hydrogen-bond donors (Lipinski definition) is 2. The minimum atomic E-state index is -1.07. The Morgan fingerprint density at radius 1 is 1.36 bits per heavy atom. The Morgan fingerprint density at radius 2 is 2.14 bits per heavy atom. The van der Waals surface area contributed by atoms with Crippen molar-refractivity contribution in [2.45, 2.75) is 19.8 Å². The smallest absolute Gasteiger partial charge is 0.322 e. The van der Waals surface area contributed by atoms with Gasteiger partial charge in [0.15, 0.2) is 0 Å². The molecule has 1 aromatic rings. The van der Waals surface area contributed by atoms with E-state index in [1.165, 1.54) is 0 Å². The van der Waals surface area contributed by atoms with Crippen LogP contribution in [0.1, 0.15) is 28.8 Å². The first-order chi connectivity index (χ1) is 10.5. The van der Waals surface area contributed by atoms with E-state index in [2.05, 4.69) is 5.32 Å². The summed E-state index contributed by atoms with van der Waals surface area (Å²) in [6, 6.07) is 7.36. The van der Waals surface area contributed by atoms with Crippen molar-refractivity contribution in [3.63, 3.8) is 0 Å². The molecule has 0 spiro atoms. The molecule has 0 aliphatic carbocycles. The first-order valence-electron chi connectivity index (χ1n) is 7.33. The second-order valence-electron chi connectivity index (χ2n) is 5.57. The fraction of sp³-hybridized carbons (Fsp3) is 0.438. The van der Waals surface area contributed by atoms with Gasteiger partial charge >= 0.3 is 5.97 Å². The van der Waals surface area contributed by atoms with Gasteiger partial charge in [0, 0.05) is 18.7 Å². The van der Waals surface area contributed by atoms with Gasteiger partial charge in [-0.3, -0.25) is 14.4 Å². The highest BCUT2D eigenvalue weighted by molar-refractivity contribution is 5.95. The van der Waals surface area contributed by atoms with Crippen LogP contribution < -0.4 is 5.32 Å². The zero-order chi connectivity index (χ0) is 16.1. The first-order valence-corrected chi connectivity index (χ1v) is 7.33. The molecule has 2 amide bonds. The van der Waals surface area contributed by atoms with Crippen LogP contribution in [0.25, 0.3) is 0 Å². The van der Waals surface area contributed by atoms with E-state index >= 15 is 0 Å². The van der Waals surface area contributed by atoms with Crippen LogP contribution in [-0.2, 0) is 9.59 Å². The fourth-order valence-electron chi connectivity index (χ4n) is 2.64. The van der Waals surface area contributed by atoms with Crippen LogP contribution in [0, 0.1) is 12.8 Å². The zero-order valence-corrected chi connectivity index (χ0v) is 12.5. The summed E-state index contributed by atoms with van der Waals surface area (Å²) in [6.45, 7) is 2.49. The molecule has 1 saturated heterocycles. The van der Waals surface area contributed by atoms with Crippen molar-refractivity contribution < 1.29 is 19.5 Å². The lowest BCUT2D eigenvalue weighted by Gasteiger charge is -2.32. The Bertz CT molecular complexity index is 585. The predicted molar refractivity (Wildman–Crippen MR) is 80.5 cm³/mol. The number of carbonyl (C=O) groups excluding carboxylic acids is 2. The monoisotopic (exact) mass is 304 g/mol. The van der Waals surface area contributed by atoms with E-state index in [0.29, 0.717) is 25.1 Å². The number of nitrogens with zero attached hydrogens (tertiary/aromatic N) is 1. The average molecular weight is 304 g/mol. The summed E-state index contributed by atoms with van der Waals surface area (Å²) in [5.41, 5.74) is 1.63. The van der Waals surface area contributed by atoms with Crippen molar-refractivity contribution in [1.82, 2.24) is 10.2 Å². The largest absolute Gasteiger partial charge is 0.480 e. The van der Waals surface area contributed by atoms with Crippen LogP contribution in [0.3, 0.4) is 0 Å². The minimum absolute atomic E-state index is 0.0839. The Labute approximate surface area is 129 Å². The van der Waals surface area contributed by atoms with Gasteiger partial charge in [-0.2, -0.15) is 0 Å². The molecule has 1 aliphatic heterocycles. The number of rotatable bonds is 4. The quantitative estimate of drug-likeness (QED) is 0.870. The van der Waals surface area contributed by atoms with E-state index < -0.39 is 5.97 Å². The molecule has 22 heavy (non-hydrogen) atoms. The van der Waals surface area contributed by atoms with Crippen LogP contribution in [0.5, 0.6) is 0 Å². The third kappa shape index (κ3) is 4.07. The average Bonchev–Trinajstić information content (AvgIpc) is 2.52. The van der Waals surface area contributed by atoms with Crippen molar-refractivity contribution in [2.24, 2.45) is 5.92 Å². The van der Waals surface area contributed by atoms with Crippen LogP contribution in [0.4, 0.5) is 0 Å². The van der Waals surface area contributed by atoms with E-state index in [1.807, 2.05) is 25.1 Å². The van der Waals surface area contributed by atoms with E-state index in [1.54, 1.807) is 11.0 Å². The molecule has 2 N–H and O–H groups in total. The summed E-state index contributed by atoms with van der Waals surface area (Å²) >= 11 is 0. The Balaban J connectivity index is 1.99. The number of carboxylic acids is 1. The van der Waals surface area contributed by atoms with Gasteiger partial charge in [-0.15, -0.1) is 0 Å². The number of benzene rings is 1. The Hall–Kier alpha value is -2.37. The van der Waals surface area contributed by atoms with Crippen LogP contribution in [0.15, 0.2) is 24.3 Å². The number of likely N-dealkylation sites (tertiary alicyclic amines) is 1. The highest BCUT2D eigenvalue weighted by Gasteiger charge is 2.29. The van der Waals surface area contributed by atoms with E-state index in [-0.39, 0.29) is 24.3 Å². The summed E-state index contributed by atoms with van der Waals surface area (Å²) < 4.78 is 0. The van der Waals surface area contributed by atoms with Gasteiger partial charge in [0.2, 0.25) is 5.91 Å². The van der Waals surface area contributed by atoms with Crippen molar-refractivity contribution in [1.29, 1.82) is 0 Å². The van der Waals surface area contributed by atoms with Crippen molar-refractivity contribution in [3.8, 4) is 0 Å². The molecule has 6 heteroatoms. The number of aliphatic carboxylic acids is 1. The van der Waals surface area contributed by atoms with Gasteiger partial charge in [-0.25, -0.2) is 0 Å². The number of amides is 2. The van der Waals surface area contributed by atoms with Crippen LogP contribution in [0.2, 0.25) is 0 Å². The third-order valence-corrected chi connectivity index (χ3v) is 3.76. The van der Waals surface area contributed by atoms with Gasteiger partial charge < -0.3 is 15.3 Å². The molecule has 0 aromatic heterocycles. The third-order valence-electron chi connectivity index (χ3n) is 3.76. The molecule has 0 radical (unpaired) electrons. The topological polar surface area (TPSA) is 86.7 Å². The molecule has 1 heterocycles. The molecular weight excluding hydrogens is 284 g/mol. The predicted octanol–water partition coefficient (Wildman–Crippen LogP) is 1.05. The number of aryl methyl sites for hydroxylation is 1. The lowest BCUT2D eigenvalue weighted by atomic mass is 9.96. The lowest BCUT2D eigenvalue weighted by molar-refractivity contribution is -0.138. The van der Waals surface area contributed by atoms with Crippen LogP contribution >= 0.6 is 0 Å². The van der Waals surface area contributed by atoms with Gasteiger partial charge in [0.05, 0.1) is 5.92 Å². The molecule has 1 aliphatic rings. The van der Waals surface area contributed by atoms with Gasteiger partial charge in [0.25, 0.3) is 5.91 Å². The summed E-state index contributed by atoms with van der Waals surface area (Å²) in [4.78, 5) is 36.6. The number of piperidine rings is 1. The summed E-state index contributed by atoms with van der Waals surface area (Å²) in [5.74, 6) is -1.80. The Kier molecular flexibility index (Phi) is 5.14. The highest BCUT2D eigenvalue weighted by Crippen LogP contribution is 2.19. The maximum Gasteiger partial charge on any atom is 0.322 e. The molecule has 1 atom stereocenters. The van der Waals surface area contributed by atoms with Gasteiger partial charge in [-0.1, -0.05) is 17.7 Å². The summed E-state index contributed by atoms with van der Waals surface area (Å²) in [6.07, 6.45) is 1.41. The molecule has 0 saturated carbocycles. The molecule has 6 nitrogen and oxygen atoms in total. The highest BCUT2D eigenvalue weighted by atomic mass is 16.4. The minimum Gasteiger partial charge on any atom is -0.480 e. The second kappa shape index (κ2) is 7.06. The maximum atomic E-state index is 12.5. The molecule has 1 aromatic carbocycles. The molecule has 1 fully saturated rings. The van der Waals surface area contributed by atoms with E-state index in [0.717, 1.165) is 12.0 Å². The SMILES string of the molecule is Cc1cccc(C(=O)N2CCCC(C(=O)NCC(=O)O)C2)c1. The summed E-state index contributed by atoms with van der Waals surface area (Å²) in [7, 11) is 0. The molecular formula is C16H20N2O4. The van der Waals surface area contributed by atoms with E-state index in [9.17, 15) is 14.4 Å². The lowest BCUT2D eigenvalue weighted by Crippen LogP contribution is -2.46. The molecule has 2 rings (SSSR count). The fourth-order valence-corrected chi connectivity index (χ4v) is 2.64. The number of carbonyl (C=O) groups is 3. The molecule has 118 valence electrons. The number of carboxylic acid groups (broad SMARTS) is 1. The van der Waals surface area contributed by atoms with Crippen molar-refractivity contribution >= 4 is 17.8 Å². The zero-order valence-electron chi connectivity index (χ0n) is 12.5. The van der Waals surface area contributed by atoms with Crippen molar-refractivity contribution in [2.75, 3.05) is 19.6 Å². The van der Waals surface area contributed by atoms with Gasteiger partial charge in [-0.05, 0) is 31.9 Å². The normalized spacial score (nSPS) is 17.9. The Morgan fingerprint density at radius 3 is 2.82 bits per heavy atom. The van der Waals surface area contributed by atoms with Crippen molar-refractivity contribution in [3.05, 3.63) is 35.4 Å². The van der Waals surface area contributed by atoms with Crippen LogP contribution in [-0.4, -0.2) is 47.4 Å². The number of nitrogens with one attached hydrogen (secondary N) is 1. The number of hydrogen-bond acceptors (Lipinski definition) is 3. The van der Waals surface area contributed by atoms with Gasteiger partial charge in [0.1, 0.15) is 6.54 Å². The van der Waals surface area contributed by atoms with E-state index in [4.69, 9.17) is 5.11 Å². The second-order valence-corrected chi connectivity index (χ2v) is 5.57. The summed E-state index contributed by atoms with van der Waals surface area (Å²) in [5, 5.41) is 11.0. The first kappa shape index (κ1) is 16.0.